The Labute approximate surface area is 268 Å². The van der Waals surface area contributed by atoms with Crippen molar-refractivity contribution in [3.8, 4) is 11.1 Å². The molecule has 0 aliphatic carbocycles. The van der Waals surface area contributed by atoms with Gasteiger partial charge in [-0.1, -0.05) is 100 Å². The molecule has 1 saturated heterocycles. The van der Waals surface area contributed by atoms with Crippen LogP contribution in [0.5, 0.6) is 0 Å². The molecule has 3 aromatic carbocycles. The van der Waals surface area contributed by atoms with E-state index in [-0.39, 0.29) is 21.8 Å². The molecule has 238 valence electrons. The van der Waals surface area contributed by atoms with E-state index in [1.165, 1.54) is 0 Å². The third kappa shape index (κ3) is 7.05. The normalized spacial score (nSPS) is 16.0. The molecule has 5 rings (SSSR count). The SMILES string of the molecule is CC(c1ccc(-c2ccccc2)cc1)c1nc(/N=C2\N(C)CCN2CCO[Si](C)(C)C(C)(C)C)n(S(=O)(=O)c2ccccc2)n1. The Morgan fingerprint density at radius 1 is 0.911 bits per heavy atom. The van der Waals surface area contributed by atoms with Crippen molar-refractivity contribution in [2.75, 3.05) is 33.3 Å². The first-order valence-corrected chi connectivity index (χ1v) is 19.7. The fraction of sp³-hybridized carbons (Fsp3) is 0.382. The molecule has 1 unspecified atom stereocenters. The molecule has 2 heterocycles. The Morgan fingerprint density at radius 2 is 1.51 bits per heavy atom. The molecule has 1 fully saturated rings. The third-order valence-corrected chi connectivity index (χ3v) is 15.0. The van der Waals surface area contributed by atoms with E-state index in [0.717, 1.165) is 33.9 Å². The highest BCUT2D eigenvalue weighted by Crippen LogP contribution is 2.36. The predicted octanol–water partition coefficient (Wildman–Crippen LogP) is 6.59. The maximum absolute atomic E-state index is 13.9. The lowest BCUT2D eigenvalue weighted by molar-refractivity contribution is 0.255. The molecule has 0 bridgehead atoms. The lowest BCUT2D eigenvalue weighted by Gasteiger charge is -2.36. The summed E-state index contributed by atoms with van der Waals surface area (Å²) in [5.41, 5.74) is 3.21. The third-order valence-electron chi connectivity index (χ3n) is 8.91. The summed E-state index contributed by atoms with van der Waals surface area (Å²) < 4.78 is 35.2. The summed E-state index contributed by atoms with van der Waals surface area (Å²) in [5.74, 6) is 0.795. The molecule has 45 heavy (non-hydrogen) atoms. The molecule has 9 nitrogen and oxygen atoms in total. The van der Waals surface area contributed by atoms with E-state index >= 15 is 0 Å². The van der Waals surface area contributed by atoms with Crippen molar-refractivity contribution in [2.24, 2.45) is 4.99 Å². The Bertz CT molecular complexity index is 1730. The van der Waals surface area contributed by atoms with Gasteiger partial charge in [0.2, 0.25) is 5.96 Å². The molecule has 0 amide bonds. The predicted molar refractivity (Wildman–Crippen MR) is 183 cm³/mol. The fourth-order valence-electron chi connectivity index (χ4n) is 4.95. The summed E-state index contributed by atoms with van der Waals surface area (Å²) in [6.45, 7) is 15.9. The van der Waals surface area contributed by atoms with Gasteiger partial charge in [0.1, 0.15) is 0 Å². The van der Waals surface area contributed by atoms with Crippen molar-refractivity contribution in [2.45, 2.75) is 56.6 Å². The standard InChI is InChI=1S/C34H44N6O3SSi/c1-26(27-18-20-29(21-19-27)28-14-10-8-11-15-28)31-35-32(40(37-31)44(41,42)30-16-12-9-13-17-30)36-33-38(5)22-23-39(33)24-25-43-45(6,7)34(2,3)4/h8-21,26H,22-25H2,1-7H3/b36-33+. The minimum absolute atomic E-state index is 0.0284. The van der Waals surface area contributed by atoms with E-state index in [4.69, 9.17) is 14.4 Å². The van der Waals surface area contributed by atoms with E-state index < -0.39 is 18.3 Å². The van der Waals surface area contributed by atoms with E-state index in [9.17, 15) is 8.42 Å². The monoisotopic (exact) mass is 644 g/mol. The van der Waals surface area contributed by atoms with Gasteiger partial charge in [-0.05, 0) is 47.0 Å². The number of guanidine groups is 1. The number of benzene rings is 3. The van der Waals surface area contributed by atoms with Crippen molar-refractivity contribution in [1.29, 1.82) is 0 Å². The highest BCUT2D eigenvalue weighted by molar-refractivity contribution is 7.90. The number of aliphatic imine (C=N–C) groups is 1. The second-order valence-electron chi connectivity index (χ2n) is 13.1. The van der Waals surface area contributed by atoms with Crippen LogP contribution in [0.15, 0.2) is 94.8 Å². The van der Waals surface area contributed by atoms with E-state index in [1.807, 2.05) is 49.2 Å². The van der Waals surface area contributed by atoms with Crippen LogP contribution in [0.2, 0.25) is 18.1 Å². The van der Waals surface area contributed by atoms with E-state index in [2.05, 4.69) is 68.1 Å². The van der Waals surface area contributed by atoms with Gasteiger partial charge in [0.25, 0.3) is 16.0 Å². The minimum atomic E-state index is -4.06. The first-order chi connectivity index (χ1) is 21.3. The summed E-state index contributed by atoms with van der Waals surface area (Å²) in [6.07, 6.45) is 0. The first kappa shape index (κ1) is 32.6. The molecule has 1 atom stereocenters. The average Bonchev–Trinajstić information content (AvgIpc) is 3.61. The number of hydrogen-bond donors (Lipinski definition) is 0. The molecular weight excluding hydrogens is 601 g/mol. The average molecular weight is 645 g/mol. The molecule has 0 N–H and O–H groups in total. The summed E-state index contributed by atoms with van der Waals surface area (Å²) in [5, 5.41) is 4.70. The number of nitrogens with zero attached hydrogens (tertiary/aromatic N) is 6. The second-order valence-corrected chi connectivity index (χ2v) is 19.6. The highest BCUT2D eigenvalue weighted by Gasteiger charge is 2.37. The van der Waals surface area contributed by atoms with Gasteiger partial charge in [0.05, 0.1) is 11.5 Å². The van der Waals surface area contributed by atoms with Crippen LogP contribution in [0.4, 0.5) is 5.95 Å². The number of hydrogen-bond acceptors (Lipinski definition) is 6. The Kier molecular flexibility index (Phi) is 9.34. The Hall–Kier alpha value is -3.80. The van der Waals surface area contributed by atoms with Crippen LogP contribution >= 0.6 is 0 Å². The van der Waals surface area contributed by atoms with Gasteiger partial charge >= 0.3 is 0 Å². The molecule has 1 aliphatic heterocycles. The number of likely N-dealkylation sites (N-methyl/N-ethyl adjacent to an activating group) is 1. The van der Waals surface area contributed by atoms with Crippen molar-refractivity contribution in [3.63, 3.8) is 0 Å². The van der Waals surface area contributed by atoms with Crippen molar-refractivity contribution >= 4 is 30.2 Å². The van der Waals surface area contributed by atoms with Crippen LogP contribution in [-0.2, 0) is 14.4 Å². The molecule has 1 aromatic heterocycles. The maximum atomic E-state index is 13.9. The molecule has 11 heteroatoms. The van der Waals surface area contributed by atoms with Gasteiger partial charge in [-0.3, -0.25) is 0 Å². The molecule has 0 spiro atoms. The zero-order valence-electron chi connectivity index (χ0n) is 27.3. The zero-order valence-corrected chi connectivity index (χ0v) is 29.1. The molecular formula is C34H44N6O3SSi. The molecule has 1 aliphatic rings. The zero-order chi connectivity index (χ0) is 32.4. The Morgan fingerprint density at radius 3 is 2.13 bits per heavy atom. The number of aromatic nitrogens is 3. The topological polar surface area (TPSA) is 92.9 Å². The van der Waals surface area contributed by atoms with Crippen LogP contribution < -0.4 is 0 Å². The lowest BCUT2D eigenvalue weighted by atomic mass is 9.97. The first-order valence-electron chi connectivity index (χ1n) is 15.4. The number of rotatable bonds is 10. The van der Waals surface area contributed by atoms with Gasteiger partial charge in [0, 0.05) is 32.6 Å². The van der Waals surface area contributed by atoms with Gasteiger partial charge in [0.15, 0.2) is 14.1 Å². The summed E-state index contributed by atoms with van der Waals surface area (Å²) in [6, 6.07) is 26.7. The van der Waals surface area contributed by atoms with Crippen LogP contribution in [0.1, 0.15) is 45.0 Å². The Balaban J connectivity index is 1.48. The van der Waals surface area contributed by atoms with E-state index in [0.29, 0.717) is 24.9 Å². The van der Waals surface area contributed by atoms with Crippen molar-refractivity contribution in [1.82, 2.24) is 24.0 Å². The largest absolute Gasteiger partial charge is 0.415 e. The quantitative estimate of drug-likeness (QED) is 0.180. The summed E-state index contributed by atoms with van der Waals surface area (Å²) >= 11 is 0. The highest BCUT2D eigenvalue weighted by atomic mass is 32.2. The second kappa shape index (κ2) is 12.9. The van der Waals surface area contributed by atoms with Crippen molar-refractivity contribution < 1.29 is 12.8 Å². The van der Waals surface area contributed by atoms with Gasteiger partial charge in [-0.25, -0.2) is 0 Å². The van der Waals surface area contributed by atoms with Gasteiger partial charge in [-0.15, -0.1) is 9.19 Å². The van der Waals surface area contributed by atoms with Crippen LogP contribution in [-0.4, -0.2) is 80.0 Å². The van der Waals surface area contributed by atoms with Gasteiger partial charge < -0.3 is 14.2 Å². The van der Waals surface area contributed by atoms with Crippen LogP contribution in [0.25, 0.3) is 11.1 Å². The molecule has 0 saturated carbocycles. The fourth-order valence-corrected chi connectivity index (χ4v) is 7.17. The smallest absolute Gasteiger partial charge is 0.286 e. The van der Waals surface area contributed by atoms with Crippen molar-refractivity contribution in [3.05, 3.63) is 96.3 Å². The summed E-state index contributed by atoms with van der Waals surface area (Å²) in [4.78, 5) is 13.9. The molecule has 4 aromatic rings. The minimum Gasteiger partial charge on any atom is -0.415 e. The lowest BCUT2D eigenvalue weighted by Crippen LogP contribution is -2.43. The summed E-state index contributed by atoms with van der Waals surface area (Å²) in [7, 11) is -4.01. The van der Waals surface area contributed by atoms with Crippen LogP contribution in [0, 0.1) is 0 Å². The maximum Gasteiger partial charge on any atom is 0.286 e. The van der Waals surface area contributed by atoms with Crippen LogP contribution in [0.3, 0.4) is 0 Å². The van der Waals surface area contributed by atoms with E-state index in [1.54, 1.807) is 30.3 Å². The molecule has 0 radical (unpaired) electrons. The van der Waals surface area contributed by atoms with Gasteiger partial charge in [-0.2, -0.15) is 18.4 Å².